The van der Waals surface area contributed by atoms with Gasteiger partial charge >= 0.3 is 5.97 Å². The third kappa shape index (κ3) is 4.66. The van der Waals surface area contributed by atoms with Crippen molar-refractivity contribution in [2.75, 3.05) is 45.9 Å². The third-order valence-corrected chi connectivity index (χ3v) is 7.16. The van der Waals surface area contributed by atoms with E-state index >= 15 is 0 Å². The fourth-order valence-corrected chi connectivity index (χ4v) is 5.50. The normalized spacial score (nSPS) is 24.0. The second-order valence-corrected chi connectivity index (χ2v) is 9.19. The highest BCUT2D eigenvalue weighted by atomic mass is 32.1. The van der Waals surface area contributed by atoms with Crippen molar-refractivity contribution in [3.05, 3.63) is 21.9 Å². The van der Waals surface area contributed by atoms with E-state index in [-0.39, 0.29) is 23.9 Å². The smallest absolute Gasteiger partial charge is 0.320 e. The van der Waals surface area contributed by atoms with Crippen LogP contribution in [-0.4, -0.2) is 66.8 Å². The molecule has 6 heteroatoms. The molecule has 1 atom stereocenters. The number of hydrogen-bond donors (Lipinski definition) is 1. The van der Waals surface area contributed by atoms with Gasteiger partial charge in [-0.25, -0.2) is 0 Å². The Bertz CT molecular complexity index is 596. The standard InChI is InChI=1S/C20H32N2O3S/c1-3-25-19(24)14-22-11-8-20(17(12-22)15-23)6-9-21(10-7-20)13-18-5-4-16(2)26-18/h4-5,17,23H,3,6-15H2,1-2H3/t17-/m1/s1. The van der Waals surface area contributed by atoms with E-state index < -0.39 is 0 Å². The fourth-order valence-electron chi connectivity index (χ4n) is 4.57. The third-order valence-electron chi connectivity index (χ3n) is 6.18. The lowest BCUT2D eigenvalue weighted by atomic mass is 9.64. The number of hydrogen-bond acceptors (Lipinski definition) is 6. The number of piperidine rings is 2. The van der Waals surface area contributed by atoms with Crippen molar-refractivity contribution in [2.45, 2.75) is 39.7 Å². The zero-order chi connectivity index (χ0) is 18.6. The summed E-state index contributed by atoms with van der Waals surface area (Å²) in [6.45, 7) is 9.98. The van der Waals surface area contributed by atoms with Crippen molar-refractivity contribution >= 4 is 17.3 Å². The molecule has 1 spiro atoms. The second-order valence-electron chi connectivity index (χ2n) is 7.82. The number of carbonyl (C=O) groups is 1. The molecule has 2 aliphatic rings. The molecule has 1 N–H and O–H groups in total. The lowest BCUT2D eigenvalue weighted by molar-refractivity contribution is -0.146. The summed E-state index contributed by atoms with van der Waals surface area (Å²) in [7, 11) is 0. The first-order valence-electron chi connectivity index (χ1n) is 9.81. The van der Waals surface area contributed by atoms with Crippen LogP contribution in [0, 0.1) is 18.3 Å². The van der Waals surface area contributed by atoms with Gasteiger partial charge in [-0.05, 0) is 70.3 Å². The van der Waals surface area contributed by atoms with E-state index in [1.807, 2.05) is 18.3 Å². The maximum Gasteiger partial charge on any atom is 0.320 e. The van der Waals surface area contributed by atoms with E-state index in [1.165, 1.54) is 9.75 Å². The summed E-state index contributed by atoms with van der Waals surface area (Å²) in [6, 6.07) is 4.45. The molecular formula is C20H32N2O3S. The number of rotatable bonds is 6. The number of ether oxygens (including phenoxy) is 1. The van der Waals surface area contributed by atoms with Crippen molar-refractivity contribution in [3.63, 3.8) is 0 Å². The van der Waals surface area contributed by atoms with E-state index in [2.05, 4.69) is 28.9 Å². The van der Waals surface area contributed by atoms with Gasteiger partial charge in [0.2, 0.25) is 0 Å². The predicted molar refractivity (Wildman–Crippen MR) is 104 cm³/mol. The number of aliphatic hydroxyl groups excluding tert-OH is 1. The van der Waals surface area contributed by atoms with Crippen LogP contribution in [0.5, 0.6) is 0 Å². The van der Waals surface area contributed by atoms with Crippen molar-refractivity contribution in [1.82, 2.24) is 9.80 Å². The Morgan fingerprint density at radius 1 is 1.27 bits per heavy atom. The van der Waals surface area contributed by atoms with Gasteiger partial charge in [-0.15, -0.1) is 11.3 Å². The molecule has 1 aromatic heterocycles. The van der Waals surface area contributed by atoms with Gasteiger partial charge in [0.1, 0.15) is 0 Å². The first-order chi connectivity index (χ1) is 12.5. The van der Waals surface area contributed by atoms with Gasteiger partial charge in [0.05, 0.1) is 13.2 Å². The van der Waals surface area contributed by atoms with Crippen molar-refractivity contribution < 1.29 is 14.6 Å². The molecule has 0 amide bonds. The molecule has 26 heavy (non-hydrogen) atoms. The zero-order valence-electron chi connectivity index (χ0n) is 16.1. The van der Waals surface area contributed by atoms with Crippen molar-refractivity contribution in [2.24, 2.45) is 11.3 Å². The lowest BCUT2D eigenvalue weighted by Gasteiger charge is -2.51. The maximum absolute atomic E-state index is 11.8. The van der Waals surface area contributed by atoms with E-state index in [0.29, 0.717) is 13.2 Å². The van der Waals surface area contributed by atoms with Crippen LogP contribution in [-0.2, 0) is 16.1 Å². The maximum atomic E-state index is 11.8. The summed E-state index contributed by atoms with van der Waals surface area (Å²) in [4.78, 5) is 19.3. The Hall–Kier alpha value is -0.950. The van der Waals surface area contributed by atoms with Crippen LogP contribution in [0.4, 0.5) is 0 Å². The molecule has 0 saturated carbocycles. The zero-order valence-corrected chi connectivity index (χ0v) is 16.9. The summed E-state index contributed by atoms with van der Waals surface area (Å²) >= 11 is 1.89. The SMILES string of the molecule is CCOC(=O)CN1CCC2(CCN(Cc3ccc(C)s3)CC2)[C@@H](CO)C1. The number of carbonyl (C=O) groups excluding carboxylic acids is 1. The molecule has 0 unspecified atom stereocenters. The van der Waals surface area contributed by atoms with Gasteiger partial charge < -0.3 is 9.84 Å². The average Bonchev–Trinajstić information content (AvgIpc) is 3.04. The molecule has 0 aliphatic carbocycles. The van der Waals surface area contributed by atoms with Gasteiger partial charge in [-0.3, -0.25) is 14.6 Å². The molecule has 3 heterocycles. The minimum atomic E-state index is -0.152. The van der Waals surface area contributed by atoms with Gasteiger partial charge in [0.15, 0.2) is 0 Å². The number of aliphatic hydroxyl groups is 1. The van der Waals surface area contributed by atoms with Crippen LogP contribution < -0.4 is 0 Å². The minimum Gasteiger partial charge on any atom is -0.465 e. The molecule has 2 aliphatic heterocycles. The lowest BCUT2D eigenvalue weighted by Crippen LogP contribution is -2.54. The van der Waals surface area contributed by atoms with E-state index in [0.717, 1.165) is 52.0 Å². The number of nitrogens with zero attached hydrogens (tertiary/aromatic N) is 2. The Kier molecular flexibility index (Phi) is 6.72. The van der Waals surface area contributed by atoms with Crippen LogP contribution in [0.2, 0.25) is 0 Å². The van der Waals surface area contributed by atoms with Crippen LogP contribution in [0.1, 0.15) is 35.9 Å². The van der Waals surface area contributed by atoms with Crippen LogP contribution >= 0.6 is 11.3 Å². The summed E-state index contributed by atoms with van der Waals surface area (Å²) in [5.41, 5.74) is 0.238. The first kappa shape index (κ1) is 19.8. The van der Waals surface area contributed by atoms with E-state index in [9.17, 15) is 9.90 Å². The number of thiophene rings is 1. The van der Waals surface area contributed by atoms with Crippen LogP contribution in [0.25, 0.3) is 0 Å². The van der Waals surface area contributed by atoms with Gasteiger partial charge in [-0.1, -0.05) is 0 Å². The summed E-state index contributed by atoms with van der Waals surface area (Å²) in [6.07, 6.45) is 3.37. The Morgan fingerprint density at radius 3 is 2.54 bits per heavy atom. The molecule has 0 aromatic carbocycles. The number of esters is 1. The molecule has 3 rings (SSSR count). The highest BCUT2D eigenvalue weighted by Crippen LogP contribution is 2.45. The minimum absolute atomic E-state index is 0.152. The topological polar surface area (TPSA) is 53.0 Å². The summed E-state index contributed by atoms with van der Waals surface area (Å²) < 4.78 is 5.07. The highest BCUT2D eigenvalue weighted by Gasteiger charge is 2.44. The summed E-state index contributed by atoms with van der Waals surface area (Å²) in [5.74, 6) is 0.109. The van der Waals surface area contributed by atoms with Gasteiger partial charge in [0, 0.05) is 35.4 Å². The monoisotopic (exact) mass is 380 g/mol. The second kappa shape index (κ2) is 8.83. The van der Waals surface area contributed by atoms with E-state index in [4.69, 9.17) is 4.74 Å². The molecule has 0 radical (unpaired) electrons. The molecule has 5 nitrogen and oxygen atoms in total. The molecule has 0 bridgehead atoms. The largest absolute Gasteiger partial charge is 0.465 e. The first-order valence-corrected chi connectivity index (χ1v) is 10.6. The van der Waals surface area contributed by atoms with Crippen LogP contribution in [0.15, 0.2) is 12.1 Å². The Balaban J connectivity index is 1.53. The highest BCUT2D eigenvalue weighted by molar-refractivity contribution is 7.11. The number of aryl methyl sites for hydroxylation is 1. The molecular weight excluding hydrogens is 348 g/mol. The number of likely N-dealkylation sites (tertiary alicyclic amines) is 2. The molecule has 2 saturated heterocycles. The van der Waals surface area contributed by atoms with Crippen molar-refractivity contribution in [3.8, 4) is 0 Å². The molecule has 2 fully saturated rings. The average molecular weight is 381 g/mol. The van der Waals surface area contributed by atoms with Gasteiger partial charge in [-0.2, -0.15) is 0 Å². The van der Waals surface area contributed by atoms with Crippen LogP contribution in [0.3, 0.4) is 0 Å². The van der Waals surface area contributed by atoms with E-state index in [1.54, 1.807) is 0 Å². The molecule has 146 valence electrons. The molecule has 1 aromatic rings. The Labute approximate surface area is 160 Å². The van der Waals surface area contributed by atoms with Gasteiger partial charge in [0.25, 0.3) is 0 Å². The quantitative estimate of drug-likeness (QED) is 0.769. The predicted octanol–water partition coefficient (Wildman–Crippen LogP) is 2.52. The fraction of sp³-hybridized carbons (Fsp3) is 0.750. The van der Waals surface area contributed by atoms with Crippen molar-refractivity contribution in [1.29, 1.82) is 0 Å². The Morgan fingerprint density at radius 2 is 1.96 bits per heavy atom. The summed E-state index contributed by atoms with van der Waals surface area (Å²) in [5, 5.41) is 10.0.